The molecule has 2 amide bonds. The molecule has 0 bridgehead atoms. The molecule has 0 aliphatic heterocycles. The molecule has 0 saturated heterocycles. The lowest BCUT2D eigenvalue weighted by atomic mass is 9.96. The van der Waals surface area contributed by atoms with Crippen LogP contribution in [0.5, 0.6) is 11.5 Å². The van der Waals surface area contributed by atoms with Crippen molar-refractivity contribution < 1.29 is 23.5 Å². The molecule has 0 atom stereocenters. The normalized spacial score (nSPS) is 11.3. The van der Waals surface area contributed by atoms with E-state index in [9.17, 15) is 9.59 Å². The smallest absolute Gasteiger partial charge is 0.248 e. The molecule has 0 unspecified atom stereocenters. The van der Waals surface area contributed by atoms with Gasteiger partial charge in [-0.3, -0.25) is 9.59 Å². The van der Waals surface area contributed by atoms with Crippen molar-refractivity contribution in [2.24, 2.45) is 0 Å². The van der Waals surface area contributed by atoms with Crippen molar-refractivity contribution in [1.29, 1.82) is 0 Å². The second-order valence-electron chi connectivity index (χ2n) is 8.62. The van der Waals surface area contributed by atoms with Gasteiger partial charge in [0.2, 0.25) is 11.8 Å². The fourth-order valence-corrected chi connectivity index (χ4v) is 4.35. The van der Waals surface area contributed by atoms with Crippen molar-refractivity contribution in [2.75, 3.05) is 24.4 Å². The Balaban J connectivity index is 1.74. The summed E-state index contributed by atoms with van der Waals surface area (Å²) in [5.74, 6) is 0.937. The van der Waals surface area contributed by atoms with Gasteiger partial charge in [-0.1, -0.05) is 24.3 Å². The summed E-state index contributed by atoms with van der Waals surface area (Å²) in [7, 11) is 1.64. The summed E-state index contributed by atoms with van der Waals surface area (Å²) in [6, 6.07) is 16.8. The third kappa shape index (κ3) is 5.51. The average Bonchev–Trinajstić information content (AvgIpc) is 3.29. The Hall–Kier alpha value is -4.52. The predicted octanol–water partition coefficient (Wildman–Crippen LogP) is 6.82. The largest absolute Gasteiger partial charge is 0.496 e. The van der Waals surface area contributed by atoms with Crippen LogP contribution in [0.1, 0.15) is 31.9 Å². The Kier molecular flexibility index (Phi) is 7.63. The summed E-state index contributed by atoms with van der Waals surface area (Å²) >= 11 is 0. The van der Waals surface area contributed by atoms with Gasteiger partial charge in [0.25, 0.3) is 0 Å². The Morgan fingerprint density at radius 1 is 0.973 bits per heavy atom. The molecule has 4 rings (SSSR count). The van der Waals surface area contributed by atoms with Crippen LogP contribution < -0.4 is 20.1 Å². The first-order valence-electron chi connectivity index (χ1n) is 12.0. The quantitative estimate of drug-likeness (QED) is 0.260. The van der Waals surface area contributed by atoms with E-state index < -0.39 is 0 Å². The molecular weight excluding hydrogens is 468 g/mol. The zero-order chi connectivity index (χ0) is 26.5. The van der Waals surface area contributed by atoms with Gasteiger partial charge in [-0.15, -0.1) is 0 Å². The van der Waals surface area contributed by atoms with Crippen LogP contribution >= 0.6 is 0 Å². The number of nitrogens with one attached hydrogen (secondary N) is 2. The van der Waals surface area contributed by atoms with E-state index in [-0.39, 0.29) is 11.8 Å². The molecule has 0 radical (unpaired) electrons. The molecule has 0 aliphatic rings. The lowest BCUT2D eigenvalue weighted by molar-refractivity contribution is -0.114. The van der Waals surface area contributed by atoms with E-state index in [1.807, 2.05) is 51.1 Å². The van der Waals surface area contributed by atoms with Crippen LogP contribution in [-0.2, 0) is 9.59 Å². The lowest BCUT2D eigenvalue weighted by Crippen LogP contribution is -2.10. The van der Waals surface area contributed by atoms with Crippen molar-refractivity contribution in [3.8, 4) is 22.6 Å². The highest BCUT2D eigenvalue weighted by Crippen LogP contribution is 2.42. The van der Waals surface area contributed by atoms with Crippen LogP contribution in [0.2, 0.25) is 0 Å². The molecule has 0 spiro atoms. The number of carbonyl (C=O) groups is 2. The molecule has 7 heteroatoms. The first-order chi connectivity index (χ1) is 17.8. The zero-order valence-corrected chi connectivity index (χ0v) is 21.6. The number of hydrogen-bond acceptors (Lipinski definition) is 5. The highest BCUT2D eigenvalue weighted by molar-refractivity contribution is 6.06. The van der Waals surface area contributed by atoms with Gasteiger partial charge in [0, 0.05) is 52.0 Å². The summed E-state index contributed by atoms with van der Waals surface area (Å²) in [5, 5.41) is 6.48. The number of ether oxygens (including phenoxy) is 2. The van der Waals surface area contributed by atoms with E-state index in [0.29, 0.717) is 23.7 Å². The van der Waals surface area contributed by atoms with Crippen LogP contribution in [0.4, 0.5) is 11.4 Å². The fraction of sp³-hybridized carbons (Fsp3) is 0.200. The zero-order valence-electron chi connectivity index (χ0n) is 21.6. The number of amides is 2. The maximum absolute atomic E-state index is 12.9. The fourth-order valence-electron chi connectivity index (χ4n) is 4.35. The standard InChI is InChI=1S/C30H30N2O5/c1-6-36-29-19(3)30-25(26(17-37-30)23-12-7-8-13-27(23)35-5)16-24(29)18(2)14-28(34)32-22-11-9-10-21(15-22)31-20(4)33/h7-17H,6H2,1-5H3,(H,31,33)(H,32,34)/b18-14+. The summed E-state index contributed by atoms with van der Waals surface area (Å²) < 4.78 is 17.6. The Morgan fingerprint density at radius 2 is 1.70 bits per heavy atom. The van der Waals surface area contributed by atoms with Crippen LogP contribution in [0.15, 0.2) is 71.4 Å². The number of methoxy groups -OCH3 is 1. The number of para-hydroxylation sites is 1. The monoisotopic (exact) mass is 498 g/mol. The maximum Gasteiger partial charge on any atom is 0.248 e. The minimum Gasteiger partial charge on any atom is -0.496 e. The van der Waals surface area contributed by atoms with E-state index in [0.717, 1.165) is 44.5 Å². The molecule has 7 nitrogen and oxygen atoms in total. The molecule has 2 N–H and O–H groups in total. The third-order valence-corrected chi connectivity index (χ3v) is 5.95. The molecule has 37 heavy (non-hydrogen) atoms. The molecule has 1 heterocycles. The molecule has 0 fully saturated rings. The van der Waals surface area contributed by atoms with Gasteiger partial charge < -0.3 is 24.5 Å². The second-order valence-corrected chi connectivity index (χ2v) is 8.62. The molecule has 4 aromatic rings. The number of aryl methyl sites for hydroxylation is 1. The minimum absolute atomic E-state index is 0.180. The number of rotatable bonds is 8. The number of hydrogen-bond donors (Lipinski definition) is 2. The summed E-state index contributed by atoms with van der Waals surface area (Å²) in [4.78, 5) is 24.3. The van der Waals surface area contributed by atoms with Gasteiger partial charge in [0.05, 0.1) is 20.0 Å². The van der Waals surface area contributed by atoms with Crippen molar-refractivity contribution in [2.45, 2.75) is 27.7 Å². The van der Waals surface area contributed by atoms with Gasteiger partial charge in [0.15, 0.2) is 0 Å². The van der Waals surface area contributed by atoms with Crippen molar-refractivity contribution in [3.63, 3.8) is 0 Å². The van der Waals surface area contributed by atoms with Crippen molar-refractivity contribution >= 4 is 39.7 Å². The van der Waals surface area contributed by atoms with Crippen LogP contribution in [0, 0.1) is 6.92 Å². The molecule has 0 saturated carbocycles. The molecule has 190 valence electrons. The first-order valence-corrected chi connectivity index (χ1v) is 12.0. The number of benzene rings is 3. The van der Waals surface area contributed by atoms with E-state index in [2.05, 4.69) is 10.6 Å². The highest BCUT2D eigenvalue weighted by atomic mass is 16.5. The van der Waals surface area contributed by atoms with Gasteiger partial charge in [-0.25, -0.2) is 0 Å². The maximum atomic E-state index is 12.9. The van der Waals surface area contributed by atoms with E-state index in [1.54, 1.807) is 37.6 Å². The average molecular weight is 499 g/mol. The topological polar surface area (TPSA) is 89.8 Å². The minimum atomic E-state index is -0.296. The van der Waals surface area contributed by atoms with Crippen LogP contribution in [-0.4, -0.2) is 25.5 Å². The molecular formula is C30H30N2O5. The molecule has 0 aliphatic carbocycles. The SMILES string of the molecule is CCOc1c(/C(C)=C/C(=O)Nc2cccc(NC(C)=O)c2)cc2c(-c3ccccc3OC)coc2c1C. The van der Waals surface area contributed by atoms with E-state index >= 15 is 0 Å². The predicted molar refractivity (Wildman–Crippen MR) is 147 cm³/mol. The number of allylic oxidation sites excluding steroid dienone is 1. The number of carbonyl (C=O) groups excluding carboxylic acids is 2. The Morgan fingerprint density at radius 3 is 2.41 bits per heavy atom. The van der Waals surface area contributed by atoms with Crippen molar-refractivity contribution in [3.05, 3.63) is 78.1 Å². The lowest BCUT2D eigenvalue weighted by Gasteiger charge is -2.15. The first kappa shape index (κ1) is 25.6. The second kappa shape index (κ2) is 11.0. The van der Waals surface area contributed by atoms with Crippen LogP contribution in [0.3, 0.4) is 0 Å². The number of furan rings is 1. The van der Waals surface area contributed by atoms with E-state index in [1.165, 1.54) is 13.0 Å². The number of anilines is 2. The van der Waals surface area contributed by atoms with Gasteiger partial charge >= 0.3 is 0 Å². The molecule has 1 aromatic heterocycles. The van der Waals surface area contributed by atoms with Gasteiger partial charge in [-0.05, 0) is 56.7 Å². The summed E-state index contributed by atoms with van der Waals surface area (Å²) in [6.07, 6.45) is 3.26. The van der Waals surface area contributed by atoms with Crippen molar-refractivity contribution in [1.82, 2.24) is 0 Å². The van der Waals surface area contributed by atoms with Gasteiger partial charge in [0.1, 0.15) is 17.1 Å². The van der Waals surface area contributed by atoms with Crippen LogP contribution in [0.25, 0.3) is 27.7 Å². The van der Waals surface area contributed by atoms with E-state index in [4.69, 9.17) is 13.9 Å². The highest BCUT2D eigenvalue weighted by Gasteiger charge is 2.20. The summed E-state index contributed by atoms with van der Waals surface area (Å²) in [6.45, 7) is 7.65. The Labute approximate surface area is 216 Å². The number of fused-ring (bicyclic) bond motifs is 1. The van der Waals surface area contributed by atoms with Gasteiger partial charge in [-0.2, -0.15) is 0 Å². The summed E-state index contributed by atoms with van der Waals surface area (Å²) in [5.41, 5.74) is 6.10. The molecule has 3 aromatic carbocycles. The Bertz CT molecular complexity index is 1500. The third-order valence-electron chi connectivity index (χ3n) is 5.95.